The number of hydrogen-bond donors (Lipinski definition) is 2. The van der Waals surface area contributed by atoms with Crippen molar-refractivity contribution in [3.63, 3.8) is 0 Å². The van der Waals surface area contributed by atoms with Crippen LogP contribution in [0.2, 0.25) is 0 Å². The van der Waals surface area contributed by atoms with Crippen LogP contribution in [0.3, 0.4) is 0 Å². The number of aliphatic carboxylic acids is 1. The number of hydrogen-bond acceptors (Lipinski definition) is 5. The normalized spacial score (nSPS) is 12.0. The summed E-state index contributed by atoms with van der Waals surface area (Å²) in [7, 11) is 0. The van der Waals surface area contributed by atoms with Crippen molar-refractivity contribution in [2.75, 3.05) is 6.54 Å². The Morgan fingerprint density at radius 1 is 1.25 bits per heavy atom. The molecular weight excluding hydrogens is 314 g/mol. The fraction of sp³-hybridized carbons (Fsp3) is 0.353. The van der Waals surface area contributed by atoms with Gasteiger partial charge in [0.25, 0.3) is 5.91 Å². The van der Waals surface area contributed by atoms with Gasteiger partial charge in [-0.15, -0.1) is 0 Å². The Balaban J connectivity index is 2.41. The van der Waals surface area contributed by atoms with Gasteiger partial charge in [-0.25, -0.2) is 4.79 Å². The maximum Gasteiger partial charge on any atom is 0.339 e. The van der Waals surface area contributed by atoms with E-state index in [0.29, 0.717) is 22.3 Å². The summed E-state index contributed by atoms with van der Waals surface area (Å²) in [5.74, 6) is -1.27. The molecule has 2 rings (SSSR count). The number of carboxylic acid groups (broad SMARTS) is 1. The minimum absolute atomic E-state index is 0.385. The van der Waals surface area contributed by atoms with E-state index >= 15 is 0 Å². The summed E-state index contributed by atoms with van der Waals surface area (Å²) in [4.78, 5) is 34.3. The van der Waals surface area contributed by atoms with Gasteiger partial charge < -0.3 is 19.6 Å². The average molecular weight is 333 g/mol. The van der Waals surface area contributed by atoms with Crippen LogP contribution in [0, 0.1) is 20.8 Å². The highest BCUT2D eigenvalue weighted by Gasteiger charge is 2.19. The van der Waals surface area contributed by atoms with E-state index in [2.05, 4.69) is 5.32 Å². The molecule has 1 aromatic heterocycles. The molecule has 1 unspecified atom stereocenters. The van der Waals surface area contributed by atoms with Crippen LogP contribution < -0.4 is 15.7 Å². The zero-order valence-electron chi connectivity index (χ0n) is 13.9. The number of carbonyl (C=O) groups excluding carboxylic acids is 1. The lowest BCUT2D eigenvalue weighted by atomic mass is 10.0. The molecule has 24 heavy (non-hydrogen) atoms. The molecule has 0 saturated carbocycles. The number of amides is 1. The molecule has 0 spiro atoms. The van der Waals surface area contributed by atoms with Gasteiger partial charge in [0.05, 0.1) is 5.39 Å². The Labute approximate surface area is 138 Å². The summed E-state index contributed by atoms with van der Waals surface area (Å²) in [5, 5.41) is 11.5. The van der Waals surface area contributed by atoms with Gasteiger partial charge in [0, 0.05) is 5.56 Å². The van der Waals surface area contributed by atoms with Gasteiger partial charge in [-0.2, -0.15) is 0 Å². The SMILES string of the molecule is Cc1cc(OC(C)C(=O)NCC(=O)O)c2c(C)c(C)c(=O)oc2c1. The van der Waals surface area contributed by atoms with Gasteiger partial charge in [-0.05, 0) is 51.0 Å². The predicted octanol–water partition coefficient (Wildman–Crippen LogP) is 1.69. The first kappa shape index (κ1) is 17.5. The van der Waals surface area contributed by atoms with E-state index in [1.807, 2.05) is 6.92 Å². The van der Waals surface area contributed by atoms with Gasteiger partial charge in [0.15, 0.2) is 6.10 Å². The number of rotatable bonds is 5. The molecule has 1 amide bonds. The number of carboxylic acids is 1. The fourth-order valence-corrected chi connectivity index (χ4v) is 2.33. The van der Waals surface area contributed by atoms with E-state index in [1.165, 1.54) is 6.92 Å². The highest BCUT2D eigenvalue weighted by atomic mass is 16.5. The highest BCUT2D eigenvalue weighted by molar-refractivity contribution is 5.89. The molecule has 0 radical (unpaired) electrons. The molecular formula is C17H19NO6. The third-order valence-electron chi connectivity index (χ3n) is 3.74. The van der Waals surface area contributed by atoms with Crippen LogP contribution in [0.15, 0.2) is 21.3 Å². The number of ether oxygens (including phenoxy) is 1. The smallest absolute Gasteiger partial charge is 0.339 e. The first-order valence-corrected chi connectivity index (χ1v) is 7.41. The maximum atomic E-state index is 11.9. The van der Waals surface area contributed by atoms with Crippen LogP contribution in [-0.2, 0) is 9.59 Å². The Kier molecular flexibility index (Phi) is 4.92. The molecule has 2 aromatic rings. The lowest BCUT2D eigenvalue weighted by Crippen LogP contribution is -2.39. The molecule has 128 valence electrons. The van der Waals surface area contributed by atoms with E-state index in [1.54, 1.807) is 26.0 Å². The minimum atomic E-state index is -1.13. The largest absolute Gasteiger partial charge is 0.480 e. The minimum Gasteiger partial charge on any atom is -0.480 e. The second-order valence-corrected chi connectivity index (χ2v) is 5.65. The number of aryl methyl sites for hydroxylation is 2. The monoisotopic (exact) mass is 333 g/mol. The van der Waals surface area contributed by atoms with Gasteiger partial charge >= 0.3 is 11.6 Å². The summed E-state index contributed by atoms with van der Waals surface area (Å²) in [6, 6.07) is 3.47. The van der Waals surface area contributed by atoms with E-state index < -0.39 is 30.2 Å². The Morgan fingerprint density at radius 3 is 2.54 bits per heavy atom. The number of fused-ring (bicyclic) bond motifs is 1. The predicted molar refractivity (Wildman–Crippen MR) is 87.4 cm³/mol. The second kappa shape index (κ2) is 6.74. The molecule has 0 bridgehead atoms. The van der Waals surface area contributed by atoms with Crippen molar-refractivity contribution in [1.82, 2.24) is 5.32 Å². The van der Waals surface area contributed by atoms with Crippen LogP contribution in [0.4, 0.5) is 0 Å². The van der Waals surface area contributed by atoms with E-state index in [9.17, 15) is 14.4 Å². The van der Waals surface area contributed by atoms with Crippen molar-refractivity contribution in [1.29, 1.82) is 0 Å². The van der Waals surface area contributed by atoms with Crippen LogP contribution >= 0.6 is 0 Å². The Hall–Kier alpha value is -2.83. The van der Waals surface area contributed by atoms with Crippen molar-refractivity contribution in [2.45, 2.75) is 33.8 Å². The van der Waals surface area contributed by atoms with Crippen molar-refractivity contribution < 1.29 is 23.8 Å². The molecule has 0 aliphatic rings. The molecule has 0 saturated heterocycles. The van der Waals surface area contributed by atoms with Gasteiger partial charge in [0.1, 0.15) is 17.9 Å². The lowest BCUT2D eigenvalue weighted by molar-refractivity contribution is -0.139. The van der Waals surface area contributed by atoms with Crippen LogP contribution in [-0.4, -0.2) is 29.6 Å². The van der Waals surface area contributed by atoms with Crippen molar-refractivity contribution in [3.05, 3.63) is 39.2 Å². The molecule has 1 atom stereocenters. The zero-order chi connectivity index (χ0) is 18.0. The first-order chi connectivity index (χ1) is 11.2. The molecule has 2 N–H and O–H groups in total. The summed E-state index contributed by atoms with van der Waals surface area (Å²) in [6.07, 6.45) is -0.902. The molecule has 7 heteroatoms. The van der Waals surface area contributed by atoms with Crippen LogP contribution in [0.25, 0.3) is 11.0 Å². The van der Waals surface area contributed by atoms with Crippen molar-refractivity contribution in [2.24, 2.45) is 0 Å². The molecule has 1 aromatic carbocycles. The van der Waals surface area contributed by atoms with Gasteiger partial charge in [-0.1, -0.05) is 0 Å². The quantitative estimate of drug-likeness (QED) is 0.807. The third kappa shape index (κ3) is 3.56. The lowest BCUT2D eigenvalue weighted by Gasteiger charge is -2.17. The average Bonchev–Trinajstić information content (AvgIpc) is 2.49. The molecule has 0 aliphatic heterocycles. The first-order valence-electron chi connectivity index (χ1n) is 7.41. The molecule has 0 aliphatic carbocycles. The van der Waals surface area contributed by atoms with Gasteiger partial charge in [0.2, 0.25) is 0 Å². The number of benzene rings is 1. The van der Waals surface area contributed by atoms with Gasteiger partial charge in [-0.3, -0.25) is 9.59 Å². The summed E-state index contributed by atoms with van der Waals surface area (Å²) in [6.45, 7) is 6.30. The van der Waals surface area contributed by atoms with Crippen LogP contribution in [0.5, 0.6) is 5.75 Å². The third-order valence-corrected chi connectivity index (χ3v) is 3.74. The molecule has 0 fully saturated rings. The van der Waals surface area contributed by atoms with E-state index in [0.717, 1.165) is 11.1 Å². The summed E-state index contributed by atoms with van der Waals surface area (Å²) in [5.41, 5.74) is 1.97. The fourth-order valence-electron chi connectivity index (χ4n) is 2.33. The van der Waals surface area contributed by atoms with E-state index in [4.69, 9.17) is 14.3 Å². The zero-order valence-corrected chi connectivity index (χ0v) is 13.9. The summed E-state index contributed by atoms with van der Waals surface area (Å²) >= 11 is 0. The molecule has 1 heterocycles. The topological polar surface area (TPSA) is 106 Å². The molecule has 7 nitrogen and oxygen atoms in total. The number of nitrogens with one attached hydrogen (secondary N) is 1. The highest BCUT2D eigenvalue weighted by Crippen LogP contribution is 2.31. The van der Waals surface area contributed by atoms with Crippen molar-refractivity contribution >= 4 is 22.8 Å². The van der Waals surface area contributed by atoms with Crippen LogP contribution in [0.1, 0.15) is 23.6 Å². The number of carbonyl (C=O) groups is 2. The summed E-state index contributed by atoms with van der Waals surface area (Å²) < 4.78 is 11.0. The standard InChI is InChI=1S/C17H19NO6/c1-8-5-12(23-11(4)16(21)18-7-14(19)20)15-9(2)10(3)17(22)24-13(15)6-8/h5-6,11H,7H2,1-4H3,(H,18,21)(H,19,20). The second-order valence-electron chi connectivity index (χ2n) is 5.65. The van der Waals surface area contributed by atoms with Crippen molar-refractivity contribution in [3.8, 4) is 5.75 Å². The maximum absolute atomic E-state index is 11.9. The Morgan fingerprint density at radius 2 is 1.92 bits per heavy atom. The van der Waals surface area contributed by atoms with E-state index in [-0.39, 0.29) is 0 Å². The Bertz CT molecular complexity index is 867.